The lowest BCUT2D eigenvalue weighted by Crippen LogP contribution is -2.37. The number of nitrogens with two attached hydrogens (primary N) is 1. The molecule has 0 spiro atoms. The molecule has 0 saturated heterocycles. The van der Waals surface area contributed by atoms with E-state index >= 15 is 0 Å². The van der Waals surface area contributed by atoms with Gasteiger partial charge in [-0.05, 0) is 36.8 Å². The molecule has 0 atom stereocenters. The Hall–Kier alpha value is -3.72. The third-order valence-corrected chi connectivity index (χ3v) is 5.18. The lowest BCUT2D eigenvalue weighted by Gasteiger charge is -2.22. The molecular formula is C23H22ClFN4O4. The first-order valence-corrected chi connectivity index (χ1v) is 10.4. The van der Waals surface area contributed by atoms with Crippen molar-refractivity contribution in [3.05, 3.63) is 82.4 Å². The van der Waals surface area contributed by atoms with Crippen LogP contribution in [0.3, 0.4) is 0 Å². The number of ether oxygens (including phenoxy) is 1. The molecular weight excluding hydrogens is 451 g/mol. The van der Waals surface area contributed by atoms with Gasteiger partial charge in [0.05, 0.1) is 12.2 Å². The van der Waals surface area contributed by atoms with Gasteiger partial charge in [-0.25, -0.2) is 13.9 Å². The van der Waals surface area contributed by atoms with Crippen molar-refractivity contribution in [1.29, 1.82) is 0 Å². The van der Waals surface area contributed by atoms with Crippen LogP contribution in [0.15, 0.2) is 54.6 Å². The van der Waals surface area contributed by atoms with E-state index in [1.165, 1.54) is 33.8 Å². The maximum atomic E-state index is 13.3. The number of hydrogen-bond acceptors (Lipinski definition) is 5. The Morgan fingerprint density at radius 2 is 1.79 bits per heavy atom. The van der Waals surface area contributed by atoms with Gasteiger partial charge in [-0.2, -0.15) is 5.10 Å². The largest absolute Gasteiger partial charge is 0.452 e. The van der Waals surface area contributed by atoms with Crippen molar-refractivity contribution < 1.29 is 23.5 Å². The van der Waals surface area contributed by atoms with E-state index in [2.05, 4.69) is 5.10 Å². The Morgan fingerprint density at radius 1 is 1.12 bits per heavy atom. The van der Waals surface area contributed by atoms with Crippen LogP contribution in [0.2, 0.25) is 5.15 Å². The van der Waals surface area contributed by atoms with Crippen LogP contribution in [-0.4, -0.2) is 40.7 Å². The number of carbonyl (C=O) groups excluding carboxylic acids is 3. The molecule has 0 unspecified atom stereocenters. The first-order valence-electron chi connectivity index (χ1n) is 10.0. The van der Waals surface area contributed by atoms with Gasteiger partial charge in [-0.1, -0.05) is 41.9 Å². The minimum absolute atomic E-state index is 0.0495. The summed E-state index contributed by atoms with van der Waals surface area (Å²) in [7, 11) is 0. The lowest BCUT2D eigenvalue weighted by molar-refractivity contribution is -0.121. The number of primary amides is 1. The first-order chi connectivity index (χ1) is 15.8. The van der Waals surface area contributed by atoms with Crippen LogP contribution in [0.5, 0.6) is 0 Å². The zero-order chi connectivity index (χ0) is 24.0. The molecule has 0 aliphatic rings. The van der Waals surface area contributed by atoms with Crippen molar-refractivity contribution in [2.45, 2.75) is 19.9 Å². The van der Waals surface area contributed by atoms with E-state index in [4.69, 9.17) is 22.1 Å². The van der Waals surface area contributed by atoms with Crippen molar-refractivity contribution in [3.8, 4) is 0 Å². The highest BCUT2D eigenvalue weighted by molar-refractivity contribution is 6.32. The Labute approximate surface area is 194 Å². The molecule has 1 aromatic heterocycles. The van der Waals surface area contributed by atoms with Gasteiger partial charge in [0.1, 0.15) is 16.5 Å². The second-order valence-electron chi connectivity index (χ2n) is 7.21. The van der Waals surface area contributed by atoms with Gasteiger partial charge in [-0.15, -0.1) is 0 Å². The average Bonchev–Trinajstić information content (AvgIpc) is 3.06. The third-order valence-electron chi connectivity index (χ3n) is 4.79. The molecule has 0 fully saturated rings. The fourth-order valence-electron chi connectivity index (χ4n) is 3.16. The molecule has 1 heterocycles. The van der Waals surface area contributed by atoms with E-state index in [1.807, 2.05) is 30.3 Å². The van der Waals surface area contributed by atoms with Gasteiger partial charge in [0.15, 0.2) is 6.61 Å². The van der Waals surface area contributed by atoms with Crippen LogP contribution in [-0.2, 0) is 20.9 Å². The molecule has 0 bridgehead atoms. The zero-order valence-electron chi connectivity index (χ0n) is 17.8. The van der Waals surface area contributed by atoms with Crippen molar-refractivity contribution in [2.75, 3.05) is 18.1 Å². The lowest BCUT2D eigenvalue weighted by atomic mass is 10.2. The number of amides is 2. The molecule has 0 aliphatic carbocycles. The van der Waals surface area contributed by atoms with E-state index in [9.17, 15) is 18.8 Å². The van der Waals surface area contributed by atoms with Gasteiger partial charge in [0.2, 0.25) is 5.91 Å². The van der Waals surface area contributed by atoms with E-state index in [1.54, 1.807) is 6.92 Å². The van der Waals surface area contributed by atoms with Crippen LogP contribution >= 0.6 is 11.6 Å². The molecule has 2 aromatic carbocycles. The summed E-state index contributed by atoms with van der Waals surface area (Å²) in [6.07, 6.45) is -0.117. The Morgan fingerprint density at radius 3 is 2.42 bits per heavy atom. The van der Waals surface area contributed by atoms with Crippen molar-refractivity contribution in [3.63, 3.8) is 0 Å². The molecule has 33 heavy (non-hydrogen) atoms. The summed E-state index contributed by atoms with van der Waals surface area (Å²) >= 11 is 6.36. The van der Waals surface area contributed by atoms with Crippen molar-refractivity contribution in [2.24, 2.45) is 5.73 Å². The first kappa shape index (κ1) is 23.9. The molecule has 2 amide bonds. The summed E-state index contributed by atoms with van der Waals surface area (Å²) in [6, 6.07) is 14.6. The molecule has 8 nitrogen and oxygen atoms in total. The highest BCUT2D eigenvalue weighted by atomic mass is 35.5. The number of anilines is 1. The average molecular weight is 473 g/mol. The van der Waals surface area contributed by atoms with Gasteiger partial charge >= 0.3 is 5.97 Å². The van der Waals surface area contributed by atoms with Gasteiger partial charge < -0.3 is 15.4 Å². The van der Waals surface area contributed by atoms with E-state index in [0.717, 1.165) is 5.56 Å². The van der Waals surface area contributed by atoms with Crippen LogP contribution in [0.1, 0.15) is 28.0 Å². The highest BCUT2D eigenvalue weighted by Crippen LogP contribution is 2.22. The molecule has 172 valence electrons. The number of esters is 1. The van der Waals surface area contributed by atoms with Crippen LogP contribution < -0.4 is 10.6 Å². The summed E-state index contributed by atoms with van der Waals surface area (Å²) in [5, 5.41) is 4.39. The second kappa shape index (κ2) is 10.7. The number of nitrogens with zero attached hydrogens (tertiary/aromatic N) is 3. The van der Waals surface area contributed by atoms with Crippen molar-refractivity contribution in [1.82, 2.24) is 9.78 Å². The van der Waals surface area contributed by atoms with Crippen LogP contribution in [0, 0.1) is 12.7 Å². The minimum Gasteiger partial charge on any atom is -0.452 e. The van der Waals surface area contributed by atoms with Crippen LogP contribution in [0.4, 0.5) is 10.1 Å². The van der Waals surface area contributed by atoms with E-state index in [0.29, 0.717) is 17.9 Å². The number of aryl methyl sites for hydroxylation is 1. The fraction of sp³-hybridized carbons (Fsp3) is 0.217. The van der Waals surface area contributed by atoms with E-state index < -0.39 is 30.2 Å². The predicted molar refractivity (Wildman–Crippen MR) is 120 cm³/mol. The molecule has 0 radical (unpaired) electrons. The molecule has 2 N–H and O–H groups in total. The zero-order valence-corrected chi connectivity index (χ0v) is 18.6. The topological polar surface area (TPSA) is 108 Å². The highest BCUT2D eigenvalue weighted by Gasteiger charge is 2.24. The Balaban J connectivity index is 1.71. The summed E-state index contributed by atoms with van der Waals surface area (Å²) < 4.78 is 19.9. The maximum Gasteiger partial charge on any atom is 0.343 e. The number of hydrogen-bond donors (Lipinski definition) is 1. The molecule has 3 aromatic rings. The molecule has 10 heteroatoms. The normalized spacial score (nSPS) is 10.6. The van der Waals surface area contributed by atoms with Crippen molar-refractivity contribution >= 4 is 35.1 Å². The summed E-state index contributed by atoms with van der Waals surface area (Å²) in [4.78, 5) is 37.8. The minimum atomic E-state index is -0.806. The SMILES string of the molecule is Cc1nn(Cc2ccccc2)c(Cl)c1C(=O)OCC(=O)N(CCC(N)=O)c1ccc(F)cc1. The van der Waals surface area contributed by atoms with Gasteiger partial charge in [0, 0.05) is 18.7 Å². The van der Waals surface area contributed by atoms with Gasteiger partial charge in [0.25, 0.3) is 5.91 Å². The summed E-state index contributed by atoms with van der Waals surface area (Å²) in [6.45, 7) is 1.31. The quantitative estimate of drug-likeness (QED) is 0.481. The molecule has 0 saturated carbocycles. The van der Waals surface area contributed by atoms with Crippen LogP contribution in [0.25, 0.3) is 0 Å². The number of carbonyl (C=O) groups is 3. The second-order valence-corrected chi connectivity index (χ2v) is 7.57. The maximum absolute atomic E-state index is 13.3. The predicted octanol–water partition coefficient (Wildman–Crippen LogP) is 3.10. The number of rotatable bonds is 9. The number of aromatic nitrogens is 2. The third kappa shape index (κ3) is 6.17. The fourth-order valence-corrected chi connectivity index (χ4v) is 3.48. The number of halogens is 2. The smallest absolute Gasteiger partial charge is 0.343 e. The van der Waals surface area contributed by atoms with Gasteiger partial charge in [-0.3, -0.25) is 9.59 Å². The standard InChI is InChI=1S/C23H22ClFN4O4/c1-15-21(22(24)29(27-15)13-16-5-3-2-4-6-16)23(32)33-14-20(31)28(12-11-19(26)30)18-9-7-17(25)8-10-18/h2-10H,11-14H2,1H3,(H2,26,30). The summed E-state index contributed by atoms with van der Waals surface area (Å²) in [5.74, 6) is -2.51. The monoisotopic (exact) mass is 472 g/mol. The molecule has 0 aliphatic heterocycles. The van der Waals surface area contributed by atoms with E-state index in [-0.39, 0.29) is 23.7 Å². The summed E-state index contributed by atoms with van der Waals surface area (Å²) in [5.41, 5.74) is 6.89. The number of benzene rings is 2. The Kier molecular flexibility index (Phi) is 7.78. The Bertz CT molecular complexity index is 1150. The molecule has 3 rings (SSSR count).